The van der Waals surface area contributed by atoms with E-state index in [2.05, 4.69) is 12.2 Å². The highest BCUT2D eigenvalue weighted by Gasteiger charge is 2.06. The molecule has 106 valence electrons. The number of nitrogens with two attached hydrogens (primary N) is 1. The van der Waals surface area contributed by atoms with Crippen molar-refractivity contribution in [3.8, 4) is 5.75 Å². The average Bonchev–Trinajstić information content (AvgIpc) is 2.41. The Balaban J connectivity index is 2.36. The number of amides is 1. The Morgan fingerprint density at radius 1 is 1.37 bits per heavy atom. The lowest BCUT2D eigenvalue weighted by Gasteiger charge is -2.09. The lowest BCUT2D eigenvalue weighted by Crippen LogP contribution is -2.15. The SMILES string of the molecule is CCCCOCCC(=O)Nc1ccc(OC)cc1N. The highest BCUT2D eigenvalue weighted by atomic mass is 16.5. The van der Waals surface area contributed by atoms with Crippen LogP contribution in [0.2, 0.25) is 0 Å². The Labute approximate surface area is 114 Å². The summed E-state index contributed by atoms with van der Waals surface area (Å²) in [6, 6.07) is 5.15. The van der Waals surface area contributed by atoms with Crippen LogP contribution in [0.5, 0.6) is 5.75 Å². The van der Waals surface area contributed by atoms with Crippen molar-refractivity contribution >= 4 is 17.3 Å². The van der Waals surface area contributed by atoms with E-state index in [1.807, 2.05) is 0 Å². The summed E-state index contributed by atoms with van der Waals surface area (Å²) in [6.07, 6.45) is 2.44. The molecule has 0 spiro atoms. The fourth-order valence-electron chi connectivity index (χ4n) is 1.51. The van der Waals surface area contributed by atoms with E-state index in [1.54, 1.807) is 25.3 Å². The van der Waals surface area contributed by atoms with Crippen LogP contribution in [0.3, 0.4) is 0 Å². The monoisotopic (exact) mass is 266 g/mol. The van der Waals surface area contributed by atoms with Gasteiger partial charge in [-0.05, 0) is 18.6 Å². The molecule has 0 aliphatic heterocycles. The molecule has 0 heterocycles. The van der Waals surface area contributed by atoms with Gasteiger partial charge in [-0.25, -0.2) is 0 Å². The Kier molecular flexibility index (Phi) is 6.74. The summed E-state index contributed by atoms with van der Waals surface area (Å²) in [7, 11) is 1.57. The first kappa shape index (κ1) is 15.3. The van der Waals surface area contributed by atoms with Crippen LogP contribution in [-0.2, 0) is 9.53 Å². The quantitative estimate of drug-likeness (QED) is 0.560. The summed E-state index contributed by atoms with van der Waals surface area (Å²) in [6.45, 7) is 3.23. The number of methoxy groups -OCH3 is 1. The third-order valence-corrected chi connectivity index (χ3v) is 2.65. The molecule has 0 aliphatic rings. The molecule has 19 heavy (non-hydrogen) atoms. The molecule has 0 saturated heterocycles. The number of carbonyl (C=O) groups is 1. The first-order valence-electron chi connectivity index (χ1n) is 6.48. The molecule has 0 bridgehead atoms. The van der Waals surface area contributed by atoms with Crippen LogP contribution in [0, 0.1) is 0 Å². The zero-order chi connectivity index (χ0) is 14.1. The maximum absolute atomic E-state index is 11.7. The van der Waals surface area contributed by atoms with Crippen molar-refractivity contribution in [1.82, 2.24) is 0 Å². The van der Waals surface area contributed by atoms with Gasteiger partial charge in [-0.1, -0.05) is 13.3 Å². The van der Waals surface area contributed by atoms with E-state index in [9.17, 15) is 4.79 Å². The number of anilines is 2. The fraction of sp³-hybridized carbons (Fsp3) is 0.500. The van der Waals surface area contributed by atoms with Crippen molar-refractivity contribution in [2.24, 2.45) is 0 Å². The predicted octanol–water partition coefficient (Wildman–Crippen LogP) is 2.42. The molecule has 0 atom stereocenters. The molecular formula is C14H22N2O3. The lowest BCUT2D eigenvalue weighted by atomic mass is 10.2. The van der Waals surface area contributed by atoms with Crippen molar-refractivity contribution in [3.05, 3.63) is 18.2 Å². The summed E-state index contributed by atoms with van der Waals surface area (Å²) in [5.41, 5.74) is 6.90. The standard InChI is InChI=1S/C14H22N2O3/c1-3-4-8-19-9-7-14(17)16-13-6-5-11(18-2)10-12(13)15/h5-6,10H,3-4,7-9,15H2,1-2H3,(H,16,17). The fourth-order valence-corrected chi connectivity index (χ4v) is 1.51. The van der Waals surface area contributed by atoms with E-state index in [0.717, 1.165) is 12.8 Å². The normalized spacial score (nSPS) is 10.2. The van der Waals surface area contributed by atoms with Crippen molar-refractivity contribution < 1.29 is 14.3 Å². The summed E-state index contributed by atoms with van der Waals surface area (Å²) < 4.78 is 10.4. The van der Waals surface area contributed by atoms with Crippen LogP contribution in [-0.4, -0.2) is 26.2 Å². The van der Waals surface area contributed by atoms with E-state index in [1.165, 1.54) is 0 Å². The first-order chi connectivity index (χ1) is 9.17. The molecule has 3 N–H and O–H groups in total. The first-order valence-corrected chi connectivity index (χ1v) is 6.48. The van der Waals surface area contributed by atoms with Crippen molar-refractivity contribution in [2.75, 3.05) is 31.4 Å². The molecule has 5 nitrogen and oxygen atoms in total. The van der Waals surface area contributed by atoms with Gasteiger partial charge in [-0.2, -0.15) is 0 Å². The van der Waals surface area contributed by atoms with Gasteiger partial charge in [0.15, 0.2) is 0 Å². The molecule has 1 rings (SSSR count). The molecule has 1 amide bonds. The van der Waals surface area contributed by atoms with Crippen LogP contribution in [0.25, 0.3) is 0 Å². The maximum atomic E-state index is 11.7. The van der Waals surface area contributed by atoms with Gasteiger partial charge in [0, 0.05) is 12.7 Å². The molecule has 0 unspecified atom stereocenters. The molecule has 1 aromatic carbocycles. The number of nitrogen functional groups attached to an aromatic ring is 1. The summed E-state index contributed by atoms with van der Waals surface area (Å²) in [5, 5.41) is 2.75. The van der Waals surface area contributed by atoms with Crippen LogP contribution in [0.15, 0.2) is 18.2 Å². The number of unbranched alkanes of at least 4 members (excludes halogenated alkanes) is 1. The van der Waals surface area contributed by atoms with Crippen LogP contribution >= 0.6 is 0 Å². The number of benzene rings is 1. The molecule has 0 fully saturated rings. The van der Waals surface area contributed by atoms with Gasteiger partial charge in [0.1, 0.15) is 5.75 Å². The van der Waals surface area contributed by atoms with Crippen LogP contribution in [0.1, 0.15) is 26.2 Å². The van der Waals surface area contributed by atoms with E-state index >= 15 is 0 Å². The summed E-state index contributed by atoms with van der Waals surface area (Å²) >= 11 is 0. The number of nitrogens with one attached hydrogen (secondary N) is 1. The Morgan fingerprint density at radius 2 is 2.16 bits per heavy atom. The highest BCUT2D eigenvalue weighted by molar-refractivity contribution is 5.94. The third-order valence-electron chi connectivity index (χ3n) is 2.65. The molecular weight excluding hydrogens is 244 g/mol. The molecule has 5 heteroatoms. The summed E-state index contributed by atoms with van der Waals surface area (Å²) in [4.78, 5) is 11.7. The number of carbonyl (C=O) groups excluding carboxylic acids is 1. The number of hydrogen-bond donors (Lipinski definition) is 2. The number of rotatable bonds is 8. The Hall–Kier alpha value is -1.75. The van der Waals surface area contributed by atoms with Gasteiger partial charge in [-0.15, -0.1) is 0 Å². The van der Waals surface area contributed by atoms with Gasteiger partial charge < -0.3 is 20.5 Å². The number of hydrogen-bond acceptors (Lipinski definition) is 4. The van der Waals surface area contributed by atoms with Gasteiger partial charge in [0.05, 0.1) is 31.5 Å². The Bertz CT molecular complexity index is 408. The third kappa shape index (κ3) is 5.61. The maximum Gasteiger partial charge on any atom is 0.226 e. The van der Waals surface area contributed by atoms with Crippen LogP contribution in [0.4, 0.5) is 11.4 Å². The molecule has 0 radical (unpaired) electrons. The minimum atomic E-state index is -0.103. The van der Waals surface area contributed by atoms with Crippen molar-refractivity contribution in [3.63, 3.8) is 0 Å². The molecule has 0 aromatic heterocycles. The van der Waals surface area contributed by atoms with Crippen molar-refractivity contribution in [1.29, 1.82) is 0 Å². The predicted molar refractivity (Wildman–Crippen MR) is 76.4 cm³/mol. The average molecular weight is 266 g/mol. The Morgan fingerprint density at radius 3 is 2.79 bits per heavy atom. The second kappa shape index (κ2) is 8.37. The van der Waals surface area contributed by atoms with E-state index in [4.69, 9.17) is 15.2 Å². The van der Waals surface area contributed by atoms with Crippen molar-refractivity contribution in [2.45, 2.75) is 26.2 Å². The second-order valence-corrected chi connectivity index (χ2v) is 4.22. The highest BCUT2D eigenvalue weighted by Crippen LogP contribution is 2.23. The van der Waals surface area contributed by atoms with E-state index in [-0.39, 0.29) is 5.91 Å². The van der Waals surface area contributed by atoms with E-state index < -0.39 is 0 Å². The minimum absolute atomic E-state index is 0.103. The summed E-state index contributed by atoms with van der Waals surface area (Å²) in [5.74, 6) is 0.562. The zero-order valence-electron chi connectivity index (χ0n) is 11.6. The second-order valence-electron chi connectivity index (χ2n) is 4.22. The smallest absolute Gasteiger partial charge is 0.226 e. The molecule has 1 aromatic rings. The van der Waals surface area contributed by atoms with Gasteiger partial charge in [0.25, 0.3) is 0 Å². The lowest BCUT2D eigenvalue weighted by molar-refractivity contribution is -0.117. The van der Waals surface area contributed by atoms with Gasteiger partial charge in [0.2, 0.25) is 5.91 Å². The minimum Gasteiger partial charge on any atom is -0.497 e. The number of ether oxygens (including phenoxy) is 2. The molecule has 0 saturated carbocycles. The molecule has 0 aliphatic carbocycles. The topological polar surface area (TPSA) is 73.6 Å². The van der Waals surface area contributed by atoms with Gasteiger partial charge in [-0.3, -0.25) is 4.79 Å². The zero-order valence-corrected chi connectivity index (χ0v) is 11.6. The largest absolute Gasteiger partial charge is 0.497 e. The van der Waals surface area contributed by atoms with E-state index in [0.29, 0.717) is 36.8 Å². The van der Waals surface area contributed by atoms with Gasteiger partial charge >= 0.3 is 0 Å². The van der Waals surface area contributed by atoms with Crippen LogP contribution < -0.4 is 15.8 Å².